The van der Waals surface area contributed by atoms with Crippen molar-refractivity contribution in [2.75, 3.05) is 38.1 Å². The molecule has 3 aromatic rings. The summed E-state index contributed by atoms with van der Waals surface area (Å²) in [5.41, 5.74) is 2.12. The van der Waals surface area contributed by atoms with Crippen LogP contribution in [-0.4, -0.2) is 70.0 Å². The lowest BCUT2D eigenvalue weighted by Gasteiger charge is -2.39. The third-order valence-electron chi connectivity index (χ3n) is 6.82. The highest BCUT2D eigenvalue weighted by Crippen LogP contribution is 2.37. The van der Waals surface area contributed by atoms with Gasteiger partial charge in [-0.05, 0) is 50.7 Å². The lowest BCUT2D eigenvalue weighted by molar-refractivity contribution is -0.134. The summed E-state index contributed by atoms with van der Waals surface area (Å²) in [6, 6.07) is 8.94. The highest BCUT2D eigenvalue weighted by Gasteiger charge is 2.44. The van der Waals surface area contributed by atoms with Crippen molar-refractivity contribution < 1.29 is 22.8 Å². The van der Waals surface area contributed by atoms with Crippen LogP contribution in [0.15, 0.2) is 40.9 Å². The number of benzene rings is 1. The van der Waals surface area contributed by atoms with Gasteiger partial charge in [0.25, 0.3) is 11.8 Å². The first-order valence-electron chi connectivity index (χ1n) is 11.7. The quantitative estimate of drug-likeness (QED) is 0.497. The maximum Gasteiger partial charge on any atom is 0.314 e. The maximum absolute atomic E-state index is 13.5. The average Bonchev–Trinajstić information content (AvgIpc) is 3.37. The normalized spacial score (nSPS) is 18.2. The summed E-state index contributed by atoms with van der Waals surface area (Å²) in [6.07, 6.45) is -1.47. The highest BCUT2D eigenvalue weighted by atomic mass is 19.3. The van der Waals surface area contributed by atoms with Crippen molar-refractivity contribution in [3.63, 3.8) is 0 Å². The van der Waals surface area contributed by atoms with Crippen LogP contribution in [-0.2, 0) is 16.8 Å². The molecule has 4 heterocycles. The van der Waals surface area contributed by atoms with Crippen LogP contribution in [0.25, 0.3) is 11.5 Å². The molecule has 0 bridgehead atoms. The van der Waals surface area contributed by atoms with Gasteiger partial charge in [-0.3, -0.25) is 19.5 Å². The second kappa shape index (κ2) is 9.05. The second-order valence-electron chi connectivity index (χ2n) is 9.63. The number of piperazine rings is 1. The van der Waals surface area contributed by atoms with Crippen LogP contribution in [0.2, 0.25) is 0 Å². The Morgan fingerprint density at radius 3 is 2.44 bits per heavy atom. The van der Waals surface area contributed by atoms with Gasteiger partial charge in [0.05, 0.1) is 23.2 Å². The average molecular weight is 497 g/mol. The molecule has 2 aliphatic heterocycles. The smallest absolute Gasteiger partial charge is 0.314 e. The second-order valence-corrected chi connectivity index (χ2v) is 9.63. The van der Waals surface area contributed by atoms with Crippen LogP contribution in [0.4, 0.5) is 14.5 Å². The third kappa shape index (κ3) is 4.23. The Morgan fingerprint density at radius 1 is 1.06 bits per heavy atom. The van der Waals surface area contributed by atoms with E-state index in [0.29, 0.717) is 22.4 Å². The van der Waals surface area contributed by atoms with Crippen molar-refractivity contribution in [1.82, 2.24) is 25.0 Å². The van der Waals surface area contributed by atoms with E-state index in [2.05, 4.69) is 32.0 Å². The fourth-order valence-electron chi connectivity index (χ4n) is 4.60. The van der Waals surface area contributed by atoms with Crippen molar-refractivity contribution in [2.45, 2.75) is 32.2 Å². The van der Waals surface area contributed by atoms with Crippen molar-refractivity contribution >= 4 is 17.5 Å². The predicted octanol–water partition coefficient (Wildman–Crippen LogP) is 3.28. The standard InChI is InChI=1S/C25H26F2N6O3/c1-25(2)19-7-6-17(32-10-8-31(3)9-11-32)12-18(19)23(34)33(24(25)35)14-16-5-4-15(13-28-16)21-29-30-22(36-21)20(26)27/h4-7,12-13,20H,8-11,14H2,1-3H3. The molecule has 0 atom stereocenters. The summed E-state index contributed by atoms with van der Waals surface area (Å²) in [4.78, 5) is 36.9. The molecule has 1 saturated heterocycles. The lowest BCUT2D eigenvalue weighted by Crippen LogP contribution is -2.51. The van der Waals surface area contributed by atoms with Crippen molar-refractivity contribution in [2.24, 2.45) is 0 Å². The van der Waals surface area contributed by atoms with Crippen molar-refractivity contribution in [3.05, 3.63) is 59.2 Å². The number of aromatic nitrogens is 3. The van der Waals surface area contributed by atoms with Gasteiger partial charge in [0.2, 0.25) is 11.8 Å². The Balaban J connectivity index is 1.39. The Labute approximate surface area is 206 Å². The molecule has 2 amide bonds. The van der Waals surface area contributed by atoms with Crippen molar-refractivity contribution in [3.8, 4) is 11.5 Å². The first-order chi connectivity index (χ1) is 17.1. The number of anilines is 1. The number of carbonyl (C=O) groups excluding carboxylic acids is 2. The summed E-state index contributed by atoms with van der Waals surface area (Å²) in [7, 11) is 2.09. The molecule has 9 nitrogen and oxygen atoms in total. The fourth-order valence-corrected chi connectivity index (χ4v) is 4.60. The number of rotatable bonds is 5. The summed E-state index contributed by atoms with van der Waals surface area (Å²) in [6.45, 7) is 7.22. The lowest BCUT2D eigenvalue weighted by atomic mass is 9.77. The summed E-state index contributed by atoms with van der Waals surface area (Å²) in [5, 5.41) is 6.92. The van der Waals surface area contributed by atoms with Gasteiger partial charge in [0.15, 0.2) is 0 Å². The number of nitrogens with zero attached hydrogens (tertiary/aromatic N) is 6. The third-order valence-corrected chi connectivity index (χ3v) is 6.82. The van der Waals surface area contributed by atoms with Gasteiger partial charge in [-0.15, -0.1) is 10.2 Å². The predicted molar refractivity (Wildman–Crippen MR) is 127 cm³/mol. The Morgan fingerprint density at radius 2 is 1.81 bits per heavy atom. The Kier molecular flexibility index (Phi) is 6.03. The van der Waals surface area contributed by atoms with E-state index in [4.69, 9.17) is 4.42 Å². The number of amides is 2. The van der Waals surface area contributed by atoms with E-state index < -0.39 is 17.7 Å². The Hall–Kier alpha value is -3.73. The molecule has 188 valence electrons. The molecule has 0 unspecified atom stereocenters. The number of alkyl halides is 2. The van der Waals surface area contributed by atoms with Gasteiger partial charge >= 0.3 is 6.43 Å². The zero-order chi connectivity index (χ0) is 25.6. The minimum Gasteiger partial charge on any atom is -0.415 e. The molecular weight excluding hydrogens is 470 g/mol. The number of halogens is 2. The zero-order valence-corrected chi connectivity index (χ0v) is 20.2. The van der Waals surface area contributed by atoms with Crippen LogP contribution in [0.1, 0.15) is 47.8 Å². The minimum atomic E-state index is -2.86. The van der Waals surface area contributed by atoms with Crippen LogP contribution in [0.5, 0.6) is 0 Å². The molecule has 0 saturated carbocycles. The molecule has 0 radical (unpaired) electrons. The molecule has 1 aromatic carbocycles. The largest absolute Gasteiger partial charge is 0.415 e. The number of pyridine rings is 1. The first kappa shape index (κ1) is 24.0. The first-order valence-corrected chi connectivity index (χ1v) is 11.7. The van der Waals surface area contributed by atoms with E-state index in [9.17, 15) is 18.4 Å². The SMILES string of the molecule is CN1CCN(c2ccc3c(c2)C(=O)N(Cc2ccc(-c4nnc(C(F)F)o4)cn2)C(=O)C3(C)C)CC1. The van der Waals surface area contributed by atoms with E-state index in [-0.39, 0.29) is 24.2 Å². The van der Waals surface area contributed by atoms with E-state index >= 15 is 0 Å². The van der Waals surface area contributed by atoms with Crippen LogP contribution >= 0.6 is 0 Å². The summed E-state index contributed by atoms with van der Waals surface area (Å²) < 4.78 is 30.4. The molecule has 1 fully saturated rings. The van der Waals surface area contributed by atoms with Crippen LogP contribution in [0.3, 0.4) is 0 Å². The molecule has 11 heteroatoms. The van der Waals surface area contributed by atoms with Gasteiger partial charge in [0.1, 0.15) is 0 Å². The van der Waals surface area contributed by atoms with Gasteiger partial charge in [-0.1, -0.05) is 6.07 Å². The van der Waals surface area contributed by atoms with Gasteiger partial charge in [0, 0.05) is 43.6 Å². The molecule has 5 rings (SSSR count). The summed E-state index contributed by atoms with van der Waals surface area (Å²) in [5.74, 6) is -1.53. The number of fused-ring (bicyclic) bond motifs is 1. The molecule has 2 aliphatic rings. The zero-order valence-electron chi connectivity index (χ0n) is 20.2. The monoisotopic (exact) mass is 496 g/mol. The fraction of sp³-hybridized carbons (Fsp3) is 0.400. The van der Waals surface area contributed by atoms with E-state index in [1.807, 2.05) is 32.0 Å². The molecule has 2 aromatic heterocycles. The van der Waals surface area contributed by atoms with E-state index in [0.717, 1.165) is 31.9 Å². The number of likely N-dealkylation sites (N-methyl/N-ethyl adjacent to an activating group) is 1. The minimum absolute atomic E-state index is 0.0222. The number of imide groups is 1. The van der Waals surface area contributed by atoms with E-state index in [1.165, 1.54) is 11.1 Å². The van der Waals surface area contributed by atoms with E-state index in [1.54, 1.807) is 12.1 Å². The van der Waals surface area contributed by atoms with Gasteiger partial charge < -0.3 is 14.2 Å². The topological polar surface area (TPSA) is 95.7 Å². The maximum atomic E-state index is 13.5. The van der Waals surface area contributed by atoms with Gasteiger partial charge in [-0.25, -0.2) is 0 Å². The highest BCUT2D eigenvalue weighted by molar-refractivity contribution is 6.13. The molecule has 0 spiro atoms. The molecule has 36 heavy (non-hydrogen) atoms. The summed E-state index contributed by atoms with van der Waals surface area (Å²) >= 11 is 0. The molecule has 0 aliphatic carbocycles. The molecular formula is C25H26F2N6O3. The van der Waals surface area contributed by atoms with Crippen molar-refractivity contribution in [1.29, 1.82) is 0 Å². The number of hydrogen-bond acceptors (Lipinski definition) is 8. The molecule has 0 N–H and O–H groups in total. The van der Waals surface area contributed by atoms with Crippen LogP contribution < -0.4 is 4.90 Å². The Bertz CT molecular complexity index is 1300. The number of hydrogen-bond donors (Lipinski definition) is 0. The number of carbonyl (C=O) groups is 2. The van der Waals surface area contributed by atoms with Crippen LogP contribution in [0, 0.1) is 0 Å². The van der Waals surface area contributed by atoms with Gasteiger partial charge in [-0.2, -0.15) is 8.78 Å².